The number of carbonyl (C=O) groups excluding carboxylic acids is 1. The molecule has 4 rings (SSSR count). The highest BCUT2D eigenvalue weighted by molar-refractivity contribution is 5.79. The second-order valence-corrected chi connectivity index (χ2v) is 7.80. The molecule has 2 aliphatic rings. The van der Waals surface area contributed by atoms with Crippen LogP contribution in [0.3, 0.4) is 0 Å². The summed E-state index contributed by atoms with van der Waals surface area (Å²) in [5.74, 6) is -0.596. The molecule has 5 heteroatoms. The summed E-state index contributed by atoms with van der Waals surface area (Å²) in [6.45, 7) is 0.297. The molecule has 0 aromatic heterocycles. The number of fused-ring (bicyclic) bond motifs is 3. The van der Waals surface area contributed by atoms with Crippen molar-refractivity contribution in [1.29, 1.82) is 0 Å². The second kappa shape index (κ2) is 8.05. The van der Waals surface area contributed by atoms with E-state index in [1.165, 1.54) is 22.3 Å². The summed E-state index contributed by atoms with van der Waals surface area (Å²) < 4.78 is 5.59. The molecule has 1 amide bonds. The van der Waals surface area contributed by atoms with Crippen LogP contribution in [0.4, 0.5) is 4.79 Å². The summed E-state index contributed by atoms with van der Waals surface area (Å²) in [6, 6.07) is 16.5. The molecule has 0 saturated heterocycles. The molecule has 28 heavy (non-hydrogen) atoms. The Morgan fingerprint density at radius 2 is 1.64 bits per heavy atom. The van der Waals surface area contributed by atoms with Crippen LogP contribution in [-0.2, 0) is 9.53 Å². The van der Waals surface area contributed by atoms with Crippen LogP contribution in [0.15, 0.2) is 48.5 Å². The second-order valence-electron chi connectivity index (χ2n) is 7.80. The van der Waals surface area contributed by atoms with Crippen LogP contribution < -0.4 is 5.32 Å². The molecule has 1 fully saturated rings. The maximum absolute atomic E-state index is 12.4. The van der Waals surface area contributed by atoms with Gasteiger partial charge in [0.2, 0.25) is 0 Å². The lowest BCUT2D eigenvalue weighted by Gasteiger charge is -2.28. The van der Waals surface area contributed by atoms with Crippen molar-refractivity contribution in [3.05, 3.63) is 59.7 Å². The van der Waals surface area contributed by atoms with Gasteiger partial charge in [-0.05, 0) is 47.4 Å². The fourth-order valence-corrected chi connectivity index (χ4v) is 4.66. The Morgan fingerprint density at radius 3 is 2.29 bits per heavy atom. The van der Waals surface area contributed by atoms with Crippen molar-refractivity contribution in [2.24, 2.45) is 5.92 Å². The number of alkyl carbamates (subject to hydrolysis) is 1. The third-order valence-corrected chi connectivity index (χ3v) is 5.91. The van der Waals surface area contributed by atoms with Gasteiger partial charge in [0.15, 0.2) is 0 Å². The molecule has 1 saturated carbocycles. The quantitative estimate of drug-likeness (QED) is 0.799. The van der Waals surface area contributed by atoms with Gasteiger partial charge in [-0.15, -0.1) is 0 Å². The summed E-state index contributed by atoms with van der Waals surface area (Å²) in [6.07, 6.45) is 3.18. The van der Waals surface area contributed by atoms with Crippen LogP contribution in [0, 0.1) is 5.92 Å². The minimum Gasteiger partial charge on any atom is -0.481 e. The van der Waals surface area contributed by atoms with Gasteiger partial charge in [-0.3, -0.25) is 4.79 Å². The van der Waals surface area contributed by atoms with E-state index in [4.69, 9.17) is 9.84 Å². The molecule has 2 aromatic carbocycles. The number of amides is 1. The number of benzene rings is 2. The van der Waals surface area contributed by atoms with Crippen LogP contribution in [0.25, 0.3) is 11.1 Å². The van der Waals surface area contributed by atoms with Crippen molar-refractivity contribution >= 4 is 12.1 Å². The Kier molecular flexibility index (Phi) is 5.33. The predicted molar refractivity (Wildman–Crippen MR) is 106 cm³/mol. The van der Waals surface area contributed by atoms with E-state index in [1.54, 1.807) is 0 Å². The fraction of sp³-hybridized carbons (Fsp3) is 0.391. The van der Waals surface area contributed by atoms with E-state index in [0.29, 0.717) is 13.0 Å². The van der Waals surface area contributed by atoms with Gasteiger partial charge in [0, 0.05) is 18.4 Å². The SMILES string of the molecule is O=C(O)CC1CCCC(NC(=O)OCC2c3ccccc3-c3ccccc32)C1. The van der Waals surface area contributed by atoms with Gasteiger partial charge in [0.1, 0.15) is 6.61 Å². The number of carbonyl (C=O) groups is 2. The van der Waals surface area contributed by atoms with Crippen molar-refractivity contribution in [1.82, 2.24) is 5.32 Å². The van der Waals surface area contributed by atoms with Gasteiger partial charge >= 0.3 is 12.1 Å². The Bertz CT molecular complexity index is 833. The maximum atomic E-state index is 12.4. The van der Waals surface area contributed by atoms with E-state index in [1.807, 2.05) is 24.3 Å². The normalized spacial score (nSPS) is 20.9. The number of hydrogen-bond donors (Lipinski definition) is 2. The van der Waals surface area contributed by atoms with E-state index in [9.17, 15) is 9.59 Å². The first kappa shape index (κ1) is 18.5. The maximum Gasteiger partial charge on any atom is 0.407 e. The lowest BCUT2D eigenvalue weighted by Crippen LogP contribution is -2.39. The molecule has 2 aromatic rings. The third kappa shape index (κ3) is 3.88. The van der Waals surface area contributed by atoms with Gasteiger partial charge in [0.25, 0.3) is 0 Å². The zero-order chi connectivity index (χ0) is 19.5. The molecule has 0 spiro atoms. The molecule has 0 radical (unpaired) electrons. The van der Waals surface area contributed by atoms with E-state index < -0.39 is 12.1 Å². The highest BCUT2D eigenvalue weighted by Gasteiger charge is 2.30. The number of nitrogens with one attached hydrogen (secondary N) is 1. The predicted octanol–water partition coefficient (Wildman–Crippen LogP) is 4.56. The monoisotopic (exact) mass is 379 g/mol. The van der Waals surface area contributed by atoms with Crippen LogP contribution in [0.2, 0.25) is 0 Å². The zero-order valence-electron chi connectivity index (χ0n) is 15.8. The molecular weight excluding hydrogens is 354 g/mol. The van der Waals surface area contributed by atoms with Crippen molar-refractivity contribution in [2.75, 3.05) is 6.61 Å². The first-order chi connectivity index (χ1) is 13.6. The number of aliphatic carboxylic acids is 1. The smallest absolute Gasteiger partial charge is 0.407 e. The van der Waals surface area contributed by atoms with Crippen molar-refractivity contribution in [2.45, 2.75) is 44.1 Å². The molecule has 2 atom stereocenters. The zero-order valence-corrected chi connectivity index (χ0v) is 15.8. The molecule has 0 bridgehead atoms. The largest absolute Gasteiger partial charge is 0.481 e. The Morgan fingerprint density at radius 1 is 1.00 bits per heavy atom. The lowest BCUT2D eigenvalue weighted by molar-refractivity contribution is -0.138. The number of ether oxygens (including phenoxy) is 1. The number of hydrogen-bond acceptors (Lipinski definition) is 3. The third-order valence-electron chi connectivity index (χ3n) is 5.91. The summed E-state index contributed by atoms with van der Waals surface area (Å²) in [7, 11) is 0. The Balaban J connectivity index is 1.37. The first-order valence-corrected chi connectivity index (χ1v) is 9.95. The van der Waals surface area contributed by atoms with Crippen molar-refractivity contribution in [3.8, 4) is 11.1 Å². The Labute approximate surface area is 164 Å². The molecule has 2 aliphatic carbocycles. The van der Waals surface area contributed by atoms with E-state index in [0.717, 1.165) is 19.3 Å². The Hall–Kier alpha value is -2.82. The highest BCUT2D eigenvalue weighted by atomic mass is 16.5. The van der Waals surface area contributed by atoms with Crippen molar-refractivity contribution in [3.63, 3.8) is 0 Å². The highest BCUT2D eigenvalue weighted by Crippen LogP contribution is 2.44. The fourth-order valence-electron chi connectivity index (χ4n) is 4.66. The van der Waals surface area contributed by atoms with Crippen LogP contribution in [0.1, 0.15) is 49.1 Å². The molecule has 146 valence electrons. The summed E-state index contributed by atoms with van der Waals surface area (Å²) >= 11 is 0. The molecule has 2 unspecified atom stereocenters. The minimum atomic E-state index is -0.771. The van der Waals surface area contributed by atoms with Gasteiger partial charge in [0.05, 0.1) is 0 Å². The minimum absolute atomic E-state index is 0.00579. The summed E-state index contributed by atoms with van der Waals surface area (Å²) in [5.41, 5.74) is 4.79. The lowest BCUT2D eigenvalue weighted by atomic mass is 9.84. The number of carboxylic acid groups (broad SMARTS) is 1. The summed E-state index contributed by atoms with van der Waals surface area (Å²) in [5, 5.41) is 11.9. The average Bonchev–Trinajstić information content (AvgIpc) is 3.00. The molecule has 0 heterocycles. The average molecular weight is 379 g/mol. The van der Waals surface area contributed by atoms with Crippen LogP contribution in [-0.4, -0.2) is 29.8 Å². The van der Waals surface area contributed by atoms with Crippen molar-refractivity contribution < 1.29 is 19.4 Å². The van der Waals surface area contributed by atoms with Gasteiger partial charge < -0.3 is 15.2 Å². The van der Waals surface area contributed by atoms with Gasteiger partial charge in [-0.2, -0.15) is 0 Å². The van der Waals surface area contributed by atoms with E-state index >= 15 is 0 Å². The van der Waals surface area contributed by atoms with Crippen LogP contribution >= 0.6 is 0 Å². The topological polar surface area (TPSA) is 75.6 Å². The standard InChI is InChI=1S/C23H25NO4/c25-22(26)13-15-6-5-7-16(12-15)24-23(27)28-14-21-19-10-3-1-8-17(19)18-9-2-4-11-20(18)21/h1-4,8-11,15-16,21H,5-7,12-14H2,(H,24,27)(H,25,26). The van der Waals surface area contributed by atoms with E-state index in [-0.39, 0.29) is 24.3 Å². The van der Waals surface area contributed by atoms with Gasteiger partial charge in [-0.25, -0.2) is 4.79 Å². The molecule has 5 nitrogen and oxygen atoms in total. The molecular formula is C23H25NO4. The summed E-state index contributed by atoms with van der Waals surface area (Å²) in [4.78, 5) is 23.3. The molecule has 0 aliphatic heterocycles. The van der Waals surface area contributed by atoms with Crippen LogP contribution in [0.5, 0.6) is 0 Å². The first-order valence-electron chi connectivity index (χ1n) is 9.95. The molecule has 2 N–H and O–H groups in total. The number of rotatable bonds is 5. The number of carboxylic acids is 1. The van der Waals surface area contributed by atoms with Gasteiger partial charge in [-0.1, -0.05) is 55.0 Å². The van der Waals surface area contributed by atoms with E-state index in [2.05, 4.69) is 29.6 Å².